The Morgan fingerprint density at radius 2 is 1.92 bits per heavy atom. The van der Waals surface area contributed by atoms with Crippen LogP contribution < -0.4 is 16.0 Å². The number of nitrogens with one attached hydrogen (secondary N) is 3. The lowest BCUT2D eigenvalue weighted by Gasteiger charge is -2.32. The number of rotatable bonds is 10. The van der Waals surface area contributed by atoms with E-state index in [1.165, 1.54) is 18.6 Å². The summed E-state index contributed by atoms with van der Waals surface area (Å²) in [5.41, 5.74) is 0. The highest BCUT2D eigenvalue weighted by Crippen LogP contribution is 2.09. The molecular formula is C17H36IN5OS. The number of carbonyl (C=O) groups excluding carboxylic acids is 1. The van der Waals surface area contributed by atoms with E-state index in [1.807, 2.05) is 18.8 Å². The van der Waals surface area contributed by atoms with Crippen molar-refractivity contribution in [3.05, 3.63) is 0 Å². The van der Waals surface area contributed by atoms with Gasteiger partial charge in [-0.1, -0.05) is 6.92 Å². The maximum absolute atomic E-state index is 11.8. The number of piperidine rings is 1. The largest absolute Gasteiger partial charge is 0.356 e. The van der Waals surface area contributed by atoms with Gasteiger partial charge in [0.2, 0.25) is 5.91 Å². The number of carbonyl (C=O) groups is 1. The number of hydrogen-bond acceptors (Lipinski definition) is 4. The summed E-state index contributed by atoms with van der Waals surface area (Å²) in [6, 6.07) is 0.442. The highest BCUT2D eigenvalue weighted by molar-refractivity contribution is 14.0. The van der Waals surface area contributed by atoms with Crippen LogP contribution in [0, 0.1) is 0 Å². The van der Waals surface area contributed by atoms with Crippen LogP contribution in [0.5, 0.6) is 0 Å². The first-order valence-corrected chi connectivity index (χ1v) is 10.5. The molecule has 25 heavy (non-hydrogen) atoms. The van der Waals surface area contributed by atoms with Crippen LogP contribution in [0.4, 0.5) is 0 Å². The average Bonchev–Trinajstić information content (AvgIpc) is 2.60. The molecule has 0 aromatic heterocycles. The van der Waals surface area contributed by atoms with Gasteiger partial charge >= 0.3 is 0 Å². The van der Waals surface area contributed by atoms with E-state index in [4.69, 9.17) is 0 Å². The minimum atomic E-state index is 0. The molecule has 1 fully saturated rings. The van der Waals surface area contributed by atoms with E-state index in [2.05, 4.69) is 39.0 Å². The highest BCUT2D eigenvalue weighted by atomic mass is 127. The third-order valence-corrected chi connectivity index (χ3v) is 4.86. The fourth-order valence-corrected chi connectivity index (χ4v) is 3.22. The number of nitrogens with zero attached hydrogens (tertiary/aromatic N) is 2. The van der Waals surface area contributed by atoms with E-state index in [0.29, 0.717) is 12.6 Å². The van der Waals surface area contributed by atoms with Gasteiger partial charge in [-0.3, -0.25) is 14.7 Å². The molecule has 0 bridgehead atoms. The number of amides is 1. The van der Waals surface area contributed by atoms with Crippen LogP contribution in [0.3, 0.4) is 0 Å². The van der Waals surface area contributed by atoms with Gasteiger partial charge in [0.25, 0.3) is 0 Å². The molecule has 3 N–H and O–H groups in total. The highest BCUT2D eigenvalue weighted by Gasteiger charge is 2.21. The first-order valence-electron chi connectivity index (χ1n) is 9.14. The Hall–Kier alpha value is -0.220. The maximum atomic E-state index is 11.8. The fourth-order valence-electron chi connectivity index (χ4n) is 2.73. The Kier molecular flexibility index (Phi) is 15.8. The van der Waals surface area contributed by atoms with E-state index in [1.54, 1.807) is 0 Å². The van der Waals surface area contributed by atoms with Gasteiger partial charge in [-0.15, -0.1) is 24.0 Å². The molecule has 1 rings (SSSR count). The normalized spacial score (nSPS) is 16.2. The number of aliphatic imine (C=N–C) groups is 1. The molecule has 1 saturated heterocycles. The number of hydrogen-bond donors (Lipinski definition) is 3. The Labute approximate surface area is 174 Å². The van der Waals surface area contributed by atoms with Crippen molar-refractivity contribution in [2.75, 3.05) is 51.8 Å². The summed E-state index contributed by atoms with van der Waals surface area (Å²) < 4.78 is 0. The van der Waals surface area contributed by atoms with Gasteiger partial charge < -0.3 is 16.0 Å². The van der Waals surface area contributed by atoms with Crippen molar-refractivity contribution in [2.45, 2.75) is 45.1 Å². The van der Waals surface area contributed by atoms with Crippen LogP contribution in [0.15, 0.2) is 4.99 Å². The Bertz CT molecular complexity index is 376. The minimum absolute atomic E-state index is 0. The molecule has 1 heterocycles. The van der Waals surface area contributed by atoms with E-state index in [0.717, 1.165) is 51.4 Å². The second kappa shape index (κ2) is 16.0. The monoisotopic (exact) mass is 485 g/mol. The SMILES string of the molecule is CCCNC(=O)CN1CCC(NC(=NC)NCCCCSC)CC1.I. The summed E-state index contributed by atoms with van der Waals surface area (Å²) >= 11 is 1.90. The second-order valence-corrected chi connectivity index (χ2v) is 7.23. The van der Waals surface area contributed by atoms with Gasteiger partial charge in [0.05, 0.1) is 6.54 Å². The van der Waals surface area contributed by atoms with Crippen molar-refractivity contribution in [2.24, 2.45) is 4.99 Å². The topological polar surface area (TPSA) is 68.8 Å². The van der Waals surface area contributed by atoms with E-state index >= 15 is 0 Å². The molecule has 1 amide bonds. The summed E-state index contributed by atoms with van der Waals surface area (Å²) in [4.78, 5) is 18.3. The fraction of sp³-hybridized carbons (Fsp3) is 0.882. The molecule has 0 atom stereocenters. The predicted octanol–water partition coefficient (Wildman–Crippen LogP) is 1.90. The Morgan fingerprint density at radius 1 is 1.20 bits per heavy atom. The minimum Gasteiger partial charge on any atom is -0.356 e. The van der Waals surface area contributed by atoms with Gasteiger partial charge in [-0.05, 0) is 44.1 Å². The van der Waals surface area contributed by atoms with Crippen molar-refractivity contribution in [1.82, 2.24) is 20.9 Å². The molecule has 148 valence electrons. The van der Waals surface area contributed by atoms with Gasteiger partial charge in [-0.25, -0.2) is 0 Å². The standard InChI is InChI=1S/C17H35N5OS.HI/c1-4-9-19-16(23)14-22-11-7-15(8-12-22)21-17(18-2)20-10-5-6-13-24-3;/h15H,4-14H2,1-3H3,(H,19,23)(H2,18,20,21);1H. The number of unbranched alkanes of at least 4 members (excludes halogenated alkanes) is 1. The quantitative estimate of drug-likeness (QED) is 0.191. The van der Waals surface area contributed by atoms with Gasteiger partial charge in [0, 0.05) is 39.3 Å². The summed E-state index contributed by atoms with van der Waals surface area (Å²) in [6.45, 7) is 6.26. The molecule has 0 aromatic carbocycles. The first kappa shape index (κ1) is 24.8. The van der Waals surface area contributed by atoms with E-state index < -0.39 is 0 Å². The molecular weight excluding hydrogens is 449 g/mol. The summed E-state index contributed by atoms with van der Waals surface area (Å²) in [5, 5.41) is 9.85. The lowest BCUT2D eigenvalue weighted by atomic mass is 10.1. The molecule has 0 aliphatic carbocycles. The second-order valence-electron chi connectivity index (χ2n) is 6.24. The van der Waals surface area contributed by atoms with Crippen LogP contribution in [-0.2, 0) is 4.79 Å². The third-order valence-electron chi connectivity index (χ3n) is 4.16. The van der Waals surface area contributed by atoms with Crippen LogP contribution in [0.2, 0.25) is 0 Å². The van der Waals surface area contributed by atoms with E-state index in [9.17, 15) is 4.79 Å². The van der Waals surface area contributed by atoms with Crippen LogP contribution in [0.1, 0.15) is 39.0 Å². The number of guanidine groups is 1. The van der Waals surface area contributed by atoms with Crippen molar-refractivity contribution in [3.63, 3.8) is 0 Å². The van der Waals surface area contributed by atoms with Crippen molar-refractivity contribution < 1.29 is 4.79 Å². The lowest BCUT2D eigenvalue weighted by molar-refractivity contribution is -0.122. The molecule has 1 aliphatic rings. The van der Waals surface area contributed by atoms with Crippen LogP contribution in [0.25, 0.3) is 0 Å². The van der Waals surface area contributed by atoms with E-state index in [-0.39, 0.29) is 29.9 Å². The molecule has 0 spiro atoms. The number of thioether (sulfide) groups is 1. The summed E-state index contributed by atoms with van der Waals surface area (Å²) in [6.07, 6.45) is 7.65. The molecule has 8 heteroatoms. The Balaban J connectivity index is 0.00000576. The molecule has 1 aliphatic heterocycles. The van der Waals surface area contributed by atoms with Gasteiger partial charge in [0.1, 0.15) is 0 Å². The van der Waals surface area contributed by atoms with Gasteiger partial charge in [0.15, 0.2) is 5.96 Å². The van der Waals surface area contributed by atoms with Crippen LogP contribution in [-0.4, -0.2) is 74.6 Å². The third kappa shape index (κ3) is 11.9. The zero-order valence-electron chi connectivity index (χ0n) is 16.0. The Morgan fingerprint density at radius 3 is 2.52 bits per heavy atom. The molecule has 0 unspecified atom stereocenters. The van der Waals surface area contributed by atoms with Crippen molar-refractivity contribution >= 4 is 47.6 Å². The smallest absolute Gasteiger partial charge is 0.234 e. The summed E-state index contributed by atoms with van der Waals surface area (Å²) in [7, 11) is 1.82. The maximum Gasteiger partial charge on any atom is 0.234 e. The summed E-state index contributed by atoms with van der Waals surface area (Å²) in [5.74, 6) is 2.27. The average molecular weight is 485 g/mol. The molecule has 6 nitrogen and oxygen atoms in total. The first-order chi connectivity index (χ1) is 11.7. The molecule has 0 aromatic rings. The predicted molar refractivity (Wildman–Crippen MR) is 120 cm³/mol. The lowest BCUT2D eigenvalue weighted by Crippen LogP contribution is -2.50. The van der Waals surface area contributed by atoms with Crippen molar-refractivity contribution in [3.8, 4) is 0 Å². The van der Waals surface area contributed by atoms with Crippen LogP contribution >= 0.6 is 35.7 Å². The molecule has 0 saturated carbocycles. The zero-order valence-corrected chi connectivity index (χ0v) is 19.1. The number of likely N-dealkylation sites (tertiary alicyclic amines) is 1. The van der Waals surface area contributed by atoms with Gasteiger partial charge in [-0.2, -0.15) is 11.8 Å². The zero-order chi connectivity index (χ0) is 17.6. The van der Waals surface area contributed by atoms with Crippen molar-refractivity contribution in [1.29, 1.82) is 0 Å². The molecule has 0 radical (unpaired) electrons. The number of halogens is 1.